The van der Waals surface area contributed by atoms with E-state index in [1.54, 1.807) is 24.3 Å². The number of halogens is 2. The van der Waals surface area contributed by atoms with Crippen LogP contribution in [0.4, 0.5) is 28.7 Å². The van der Waals surface area contributed by atoms with E-state index < -0.39 is 52.1 Å². The minimum atomic E-state index is -4.61. The van der Waals surface area contributed by atoms with Gasteiger partial charge in [0.15, 0.2) is 0 Å². The average Bonchev–Trinajstić information content (AvgIpc) is 3.27. The number of benzene rings is 4. The summed E-state index contributed by atoms with van der Waals surface area (Å²) in [5.41, 5.74) is 5.89. The highest BCUT2D eigenvalue weighted by atomic mass is 35.5. The first-order valence-electron chi connectivity index (χ1n) is 21.2. The number of hydrogen-bond acceptors (Lipinski definition) is 20. The van der Waals surface area contributed by atoms with Crippen LogP contribution >= 0.6 is 23.2 Å². The monoisotopic (exact) mass is 1100 g/mol. The van der Waals surface area contributed by atoms with E-state index in [1.165, 1.54) is 12.1 Å². The van der Waals surface area contributed by atoms with Gasteiger partial charge in [0.25, 0.3) is 20.2 Å². The molecule has 0 saturated carbocycles. The molecule has 0 amide bonds. The fourth-order valence-electron chi connectivity index (χ4n) is 6.28. The lowest BCUT2D eigenvalue weighted by Crippen LogP contribution is -2.15. The number of nitrogens with zero attached hydrogens (tertiary/aromatic N) is 7. The van der Waals surface area contributed by atoms with Gasteiger partial charge in [-0.05, 0) is 129 Å². The molecule has 4 aromatic carbocycles. The summed E-state index contributed by atoms with van der Waals surface area (Å²) in [5.74, 6) is 1.54. The standard InChI is InChI=1S/C43H50Cl2N8O8S2.2O3S/c1-5-17-61-39-25-38(53-50-34-11-9-33(44)10-12-34)29(4)20-32(39)23-42-47-41(48-43(49-42)46-16-15-27(2)26-54)22-31-19-28(3)37(21-30(31)8-6-7-18-62(55,56)57)52-51-35-13-14-36(45)40(24-35)63(58,59)60;2*1-4(2)3/h9-14,19-21,24-25,27,54H,5-8,15-18,22-23,26H2,1-4H3,(H,55,56,57)(H,58,59,60)(H,46,47,48,49);;. The van der Waals surface area contributed by atoms with Crippen molar-refractivity contribution in [2.75, 3.05) is 30.8 Å². The maximum atomic E-state index is 11.8. The van der Waals surface area contributed by atoms with Gasteiger partial charge in [0, 0.05) is 42.6 Å². The first-order chi connectivity index (χ1) is 33.4. The molecule has 5 rings (SSSR count). The van der Waals surface area contributed by atoms with E-state index in [1.807, 2.05) is 52.0 Å². The number of azo groups is 2. The first-order valence-corrected chi connectivity index (χ1v) is 27.0. The third-order valence-electron chi connectivity index (χ3n) is 9.68. The fraction of sp³-hybridized carbons (Fsp3) is 0.372. The molecular weight excluding hydrogens is 1050 g/mol. The molecule has 0 radical (unpaired) electrons. The van der Waals surface area contributed by atoms with Crippen LogP contribution in [-0.2, 0) is 60.7 Å². The second kappa shape index (κ2) is 29.0. The van der Waals surface area contributed by atoms with Crippen LogP contribution in [0.2, 0.25) is 10.0 Å². The highest BCUT2D eigenvalue weighted by molar-refractivity contribution is 7.86. The van der Waals surface area contributed by atoms with Gasteiger partial charge in [-0.3, -0.25) is 9.11 Å². The van der Waals surface area contributed by atoms with Crippen molar-refractivity contribution in [2.24, 2.45) is 26.4 Å². The topological polar surface area (TPSA) is 341 Å². The van der Waals surface area contributed by atoms with Gasteiger partial charge in [-0.15, -0.1) is 25.3 Å². The van der Waals surface area contributed by atoms with E-state index in [0.717, 1.165) is 34.7 Å². The van der Waals surface area contributed by atoms with Crippen molar-refractivity contribution in [1.82, 2.24) is 15.0 Å². The number of rotatable bonds is 22. The maximum Gasteiger partial charge on any atom is 0.425 e. The Labute approximate surface area is 423 Å². The summed E-state index contributed by atoms with van der Waals surface area (Å²) in [6, 6.07) is 18.5. The molecule has 0 bridgehead atoms. The Bertz CT molecular complexity index is 3110. The van der Waals surface area contributed by atoms with Gasteiger partial charge < -0.3 is 15.2 Å². The van der Waals surface area contributed by atoms with E-state index in [9.17, 15) is 31.0 Å². The number of hydrogen-bond donors (Lipinski definition) is 4. The summed E-state index contributed by atoms with van der Waals surface area (Å²) in [6.07, 6.45) is 3.00. The zero-order valence-electron chi connectivity index (χ0n) is 38.6. The fourth-order valence-corrected chi connectivity index (χ4v) is 7.97. The third kappa shape index (κ3) is 22.5. The number of unbranched alkanes of at least 4 members (excludes halogenated alkanes) is 1. The number of aliphatic hydroxyl groups is 1. The van der Waals surface area contributed by atoms with E-state index in [-0.39, 0.29) is 42.5 Å². The van der Waals surface area contributed by atoms with Crippen LogP contribution in [-0.4, -0.2) is 96.8 Å². The van der Waals surface area contributed by atoms with Crippen LogP contribution in [0.1, 0.15) is 79.0 Å². The maximum absolute atomic E-state index is 11.8. The van der Waals surface area contributed by atoms with Gasteiger partial charge in [0.05, 0.1) is 40.1 Å². The van der Waals surface area contributed by atoms with Crippen LogP contribution in [0, 0.1) is 19.8 Å². The summed E-state index contributed by atoms with van der Waals surface area (Å²) in [7, 11) is -15.0. The lowest BCUT2D eigenvalue weighted by molar-refractivity contribution is 0.233. The van der Waals surface area contributed by atoms with Crippen LogP contribution in [0.25, 0.3) is 0 Å². The van der Waals surface area contributed by atoms with E-state index in [4.69, 9.17) is 68.1 Å². The molecule has 22 nitrogen and oxygen atoms in total. The number of aryl methyl sites for hydroxylation is 3. The smallest absolute Gasteiger partial charge is 0.425 e. The zero-order valence-corrected chi connectivity index (χ0v) is 43.3. The van der Waals surface area contributed by atoms with Crippen molar-refractivity contribution in [3.05, 3.63) is 116 Å². The number of ether oxygens (including phenoxy) is 1. The second-order valence-electron chi connectivity index (χ2n) is 15.5. The number of aliphatic hydroxyl groups excluding tert-OH is 1. The molecule has 0 fully saturated rings. The predicted molar refractivity (Wildman–Crippen MR) is 263 cm³/mol. The van der Waals surface area contributed by atoms with Crippen molar-refractivity contribution < 1.29 is 61.0 Å². The van der Waals surface area contributed by atoms with Gasteiger partial charge in [-0.25, -0.2) is 4.98 Å². The Morgan fingerprint density at radius 1 is 0.718 bits per heavy atom. The van der Waals surface area contributed by atoms with Gasteiger partial charge in [0.2, 0.25) is 5.95 Å². The van der Waals surface area contributed by atoms with Crippen LogP contribution < -0.4 is 10.1 Å². The zero-order chi connectivity index (χ0) is 52.9. The number of nitrogens with one attached hydrogen (secondary N) is 1. The minimum absolute atomic E-state index is 0.0394. The lowest BCUT2D eigenvalue weighted by Gasteiger charge is -2.16. The van der Waals surface area contributed by atoms with Crippen molar-refractivity contribution in [1.29, 1.82) is 0 Å². The summed E-state index contributed by atoms with van der Waals surface area (Å²) in [5, 5.41) is 30.8. The normalized spacial score (nSPS) is 11.9. The SMILES string of the molecule is CCCOc1cc(N=Nc2ccc(Cl)cc2)c(C)cc1Cc1nc(Cc2cc(C)c(N=Nc3ccc(Cl)c(S(=O)(=O)O)c3)cc2CCCCS(=O)(=O)O)nc(NCCC(C)CO)n1.O=S(=O)=O.O=S(=O)=O. The van der Waals surface area contributed by atoms with E-state index in [0.29, 0.717) is 83.4 Å². The molecule has 0 aliphatic heterocycles. The van der Waals surface area contributed by atoms with Crippen molar-refractivity contribution in [3.8, 4) is 5.75 Å². The van der Waals surface area contributed by atoms with Crippen LogP contribution in [0.5, 0.6) is 5.75 Å². The Hall–Kier alpha value is -5.71. The molecule has 4 N–H and O–H groups in total. The molecule has 1 aromatic heterocycles. The molecule has 1 unspecified atom stereocenters. The number of anilines is 1. The van der Waals surface area contributed by atoms with Crippen LogP contribution in [0.3, 0.4) is 0 Å². The summed E-state index contributed by atoms with van der Waals surface area (Å²) in [4.78, 5) is 14.0. The molecule has 1 heterocycles. The summed E-state index contributed by atoms with van der Waals surface area (Å²) >= 11 is 12.0. The quantitative estimate of drug-likeness (QED) is 0.0287. The van der Waals surface area contributed by atoms with Crippen molar-refractivity contribution in [3.63, 3.8) is 0 Å². The largest absolute Gasteiger partial charge is 0.493 e. The summed E-state index contributed by atoms with van der Waals surface area (Å²) in [6.45, 7) is 8.74. The van der Waals surface area contributed by atoms with Crippen molar-refractivity contribution in [2.45, 2.75) is 77.5 Å². The minimum Gasteiger partial charge on any atom is -0.493 e. The van der Waals surface area contributed by atoms with Gasteiger partial charge in [0.1, 0.15) is 22.3 Å². The molecule has 71 heavy (non-hydrogen) atoms. The van der Waals surface area contributed by atoms with Gasteiger partial charge in [-0.2, -0.15) is 47.3 Å². The van der Waals surface area contributed by atoms with Crippen molar-refractivity contribution >= 4 is 93.4 Å². The summed E-state index contributed by atoms with van der Waals surface area (Å²) < 4.78 is 123. The average molecular weight is 1100 g/mol. The van der Waals surface area contributed by atoms with Gasteiger partial charge in [-0.1, -0.05) is 43.1 Å². The lowest BCUT2D eigenvalue weighted by atomic mass is 9.96. The highest BCUT2D eigenvalue weighted by Gasteiger charge is 2.18. The molecule has 384 valence electrons. The third-order valence-corrected chi connectivity index (χ3v) is 12.1. The predicted octanol–water partition coefficient (Wildman–Crippen LogP) is 8.48. The molecule has 0 saturated heterocycles. The van der Waals surface area contributed by atoms with E-state index >= 15 is 0 Å². The van der Waals surface area contributed by atoms with E-state index in [2.05, 4.69) is 25.8 Å². The Balaban J connectivity index is 0.00000154. The molecule has 1 atom stereocenters. The molecule has 28 heteroatoms. The Morgan fingerprint density at radius 3 is 1.83 bits per heavy atom. The number of aromatic nitrogens is 3. The highest BCUT2D eigenvalue weighted by Crippen LogP contribution is 2.34. The molecule has 0 aliphatic carbocycles. The molecule has 0 aliphatic rings. The van der Waals surface area contributed by atoms with Gasteiger partial charge >= 0.3 is 21.2 Å². The Morgan fingerprint density at radius 2 is 1.27 bits per heavy atom. The first kappa shape index (κ1) is 59.6. The molecular formula is C43H50Cl2N8O14S4. The molecule has 0 spiro atoms. The Kier molecular flexibility index (Phi) is 24.3. The second-order valence-corrected chi connectivity index (χ2v) is 20.1. The van der Waals surface area contributed by atoms with Crippen LogP contribution in [0.15, 0.2) is 92.1 Å². The molecule has 5 aromatic rings.